The molecule has 0 bridgehead atoms. The minimum absolute atomic E-state index is 0.152. The van der Waals surface area contributed by atoms with Crippen LogP contribution < -0.4 is 11.1 Å². The SMILES string of the molecule is CCCC(CCN)CCC(=O)NCC1CCC(O)C1. The van der Waals surface area contributed by atoms with E-state index in [4.69, 9.17) is 5.73 Å². The van der Waals surface area contributed by atoms with E-state index in [1.165, 1.54) is 6.42 Å². The molecule has 1 saturated carbocycles. The topological polar surface area (TPSA) is 75.4 Å². The van der Waals surface area contributed by atoms with E-state index in [2.05, 4.69) is 12.2 Å². The molecule has 0 spiro atoms. The van der Waals surface area contributed by atoms with Crippen molar-refractivity contribution in [1.29, 1.82) is 0 Å². The molecule has 4 N–H and O–H groups in total. The highest BCUT2D eigenvalue weighted by molar-refractivity contribution is 5.75. The van der Waals surface area contributed by atoms with Gasteiger partial charge in [-0.2, -0.15) is 0 Å². The number of nitrogens with one attached hydrogen (secondary N) is 1. The molecule has 1 rings (SSSR count). The van der Waals surface area contributed by atoms with Gasteiger partial charge in [-0.15, -0.1) is 0 Å². The number of carbonyl (C=O) groups is 1. The number of hydrogen-bond acceptors (Lipinski definition) is 3. The van der Waals surface area contributed by atoms with E-state index in [1.54, 1.807) is 0 Å². The van der Waals surface area contributed by atoms with E-state index in [0.29, 0.717) is 24.8 Å². The van der Waals surface area contributed by atoms with Gasteiger partial charge in [0.25, 0.3) is 0 Å². The van der Waals surface area contributed by atoms with Crippen molar-refractivity contribution in [3.8, 4) is 0 Å². The largest absolute Gasteiger partial charge is 0.393 e. The van der Waals surface area contributed by atoms with Crippen molar-refractivity contribution in [3.63, 3.8) is 0 Å². The van der Waals surface area contributed by atoms with Gasteiger partial charge in [-0.25, -0.2) is 0 Å². The van der Waals surface area contributed by atoms with Crippen LogP contribution >= 0.6 is 0 Å². The zero-order chi connectivity index (χ0) is 14.1. The number of carbonyl (C=O) groups excluding carboxylic acids is 1. The molecule has 112 valence electrons. The lowest BCUT2D eigenvalue weighted by molar-refractivity contribution is -0.121. The molecule has 0 aromatic carbocycles. The van der Waals surface area contributed by atoms with E-state index < -0.39 is 0 Å². The van der Waals surface area contributed by atoms with Crippen LogP contribution in [0.25, 0.3) is 0 Å². The third-order valence-electron chi connectivity index (χ3n) is 4.15. The fraction of sp³-hybridized carbons (Fsp3) is 0.933. The van der Waals surface area contributed by atoms with Crippen molar-refractivity contribution >= 4 is 5.91 Å². The van der Waals surface area contributed by atoms with Gasteiger partial charge >= 0.3 is 0 Å². The second kappa shape index (κ2) is 9.32. The molecule has 1 aliphatic carbocycles. The smallest absolute Gasteiger partial charge is 0.220 e. The van der Waals surface area contributed by atoms with E-state index in [9.17, 15) is 9.90 Å². The Morgan fingerprint density at radius 3 is 2.74 bits per heavy atom. The molecule has 1 amide bonds. The van der Waals surface area contributed by atoms with Gasteiger partial charge in [-0.05, 0) is 50.5 Å². The van der Waals surface area contributed by atoms with Crippen molar-refractivity contribution in [2.45, 2.75) is 64.4 Å². The average molecular weight is 270 g/mol. The first kappa shape index (κ1) is 16.4. The first-order chi connectivity index (χ1) is 9.15. The van der Waals surface area contributed by atoms with Crippen molar-refractivity contribution in [1.82, 2.24) is 5.32 Å². The lowest BCUT2D eigenvalue weighted by Gasteiger charge is -2.15. The summed E-state index contributed by atoms with van der Waals surface area (Å²) >= 11 is 0. The van der Waals surface area contributed by atoms with E-state index >= 15 is 0 Å². The zero-order valence-corrected chi connectivity index (χ0v) is 12.2. The van der Waals surface area contributed by atoms with Gasteiger partial charge in [0.1, 0.15) is 0 Å². The van der Waals surface area contributed by atoms with Gasteiger partial charge < -0.3 is 16.2 Å². The van der Waals surface area contributed by atoms with Crippen LogP contribution in [0, 0.1) is 11.8 Å². The maximum Gasteiger partial charge on any atom is 0.220 e. The first-order valence-electron chi connectivity index (χ1n) is 7.80. The second-order valence-corrected chi connectivity index (χ2v) is 5.91. The molecular formula is C15H30N2O2. The molecule has 0 saturated heterocycles. The predicted molar refractivity (Wildman–Crippen MR) is 77.7 cm³/mol. The summed E-state index contributed by atoms with van der Waals surface area (Å²) in [5.74, 6) is 1.21. The second-order valence-electron chi connectivity index (χ2n) is 5.91. The quantitative estimate of drug-likeness (QED) is 0.598. The van der Waals surface area contributed by atoms with Gasteiger partial charge in [-0.1, -0.05) is 19.8 Å². The number of amides is 1. The Bertz CT molecular complexity index is 253. The first-order valence-corrected chi connectivity index (χ1v) is 7.80. The summed E-state index contributed by atoms with van der Waals surface area (Å²) in [7, 11) is 0. The molecule has 3 unspecified atom stereocenters. The van der Waals surface area contributed by atoms with Crippen molar-refractivity contribution < 1.29 is 9.90 Å². The Labute approximate surface area is 117 Å². The fourth-order valence-electron chi connectivity index (χ4n) is 2.99. The molecule has 1 fully saturated rings. The molecule has 3 atom stereocenters. The van der Waals surface area contributed by atoms with Crippen LogP contribution in [0.15, 0.2) is 0 Å². The van der Waals surface area contributed by atoms with E-state index in [0.717, 1.165) is 45.1 Å². The number of hydrogen-bond donors (Lipinski definition) is 3. The van der Waals surface area contributed by atoms with Crippen LogP contribution in [-0.2, 0) is 4.79 Å². The highest BCUT2D eigenvalue weighted by Gasteiger charge is 2.22. The van der Waals surface area contributed by atoms with Gasteiger partial charge in [0.05, 0.1) is 6.10 Å². The predicted octanol–water partition coefficient (Wildman–Crippen LogP) is 1.81. The van der Waals surface area contributed by atoms with Gasteiger partial charge in [0.15, 0.2) is 0 Å². The molecule has 1 aliphatic rings. The van der Waals surface area contributed by atoms with Crippen LogP contribution in [0.1, 0.15) is 58.3 Å². The Kier molecular flexibility index (Phi) is 8.07. The maximum atomic E-state index is 11.8. The molecule has 0 aromatic heterocycles. The van der Waals surface area contributed by atoms with Gasteiger partial charge in [0, 0.05) is 13.0 Å². The standard InChI is InChI=1S/C15H30N2O2/c1-2-3-12(8-9-16)5-7-15(19)17-11-13-4-6-14(18)10-13/h12-14,18H,2-11,16H2,1H3,(H,17,19). The Morgan fingerprint density at radius 2 is 2.16 bits per heavy atom. The van der Waals surface area contributed by atoms with E-state index in [-0.39, 0.29) is 12.0 Å². The minimum Gasteiger partial charge on any atom is -0.393 e. The highest BCUT2D eigenvalue weighted by Crippen LogP contribution is 2.24. The normalized spacial score (nSPS) is 24.4. The molecule has 4 heteroatoms. The monoisotopic (exact) mass is 270 g/mol. The molecular weight excluding hydrogens is 240 g/mol. The number of rotatable bonds is 9. The van der Waals surface area contributed by atoms with Crippen LogP contribution in [0.4, 0.5) is 0 Å². The Balaban J connectivity index is 2.12. The fourth-order valence-corrected chi connectivity index (χ4v) is 2.99. The van der Waals surface area contributed by atoms with Crippen LogP contribution in [0.5, 0.6) is 0 Å². The number of aliphatic hydroxyl groups is 1. The summed E-state index contributed by atoms with van der Waals surface area (Å²) in [5.41, 5.74) is 5.60. The lowest BCUT2D eigenvalue weighted by Crippen LogP contribution is -2.29. The third-order valence-corrected chi connectivity index (χ3v) is 4.15. The third kappa shape index (κ3) is 6.92. The van der Waals surface area contributed by atoms with Crippen molar-refractivity contribution in [2.75, 3.05) is 13.1 Å². The molecule has 0 radical (unpaired) electrons. The van der Waals surface area contributed by atoms with Gasteiger partial charge in [0.2, 0.25) is 5.91 Å². The summed E-state index contributed by atoms with van der Waals surface area (Å²) in [5, 5.41) is 12.4. The minimum atomic E-state index is -0.152. The van der Waals surface area contributed by atoms with Crippen LogP contribution in [-0.4, -0.2) is 30.2 Å². The van der Waals surface area contributed by atoms with Crippen molar-refractivity contribution in [2.24, 2.45) is 17.6 Å². The highest BCUT2D eigenvalue weighted by atomic mass is 16.3. The summed E-state index contributed by atoms with van der Waals surface area (Å²) < 4.78 is 0. The average Bonchev–Trinajstić information content (AvgIpc) is 2.80. The summed E-state index contributed by atoms with van der Waals surface area (Å²) in [6.07, 6.45) is 7.51. The Morgan fingerprint density at radius 1 is 1.37 bits per heavy atom. The molecule has 19 heavy (non-hydrogen) atoms. The van der Waals surface area contributed by atoms with Crippen LogP contribution in [0.2, 0.25) is 0 Å². The van der Waals surface area contributed by atoms with Crippen molar-refractivity contribution in [3.05, 3.63) is 0 Å². The summed E-state index contributed by atoms with van der Waals surface area (Å²) in [4.78, 5) is 11.8. The number of aliphatic hydroxyl groups excluding tert-OH is 1. The molecule has 4 nitrogen and oxygen atoms in total. The molecule has 0 aliphatic heterocycles. The molecule has 0 aromatic rings. The van der Waals surface area contributed by atoms with Gasteiger partial charge in [-0.3, -0.25) is 4.79 Å². The van der Waals surface area contributed by atoms with Crippen LogP contribution in [0.3, 0.4) is 0 Å². The zero-order valence-electron chi connectivity index (χ0n) is 12.2. The number of nitrogens with two attached hydrogens (primary N) is 1. The Hall–Kier alpha value is -0.610. The van der Waals surface area contributed by atoms with E-state index in [1.807, 2.05) is 0 Å². The summed E-state index contributed by atoms with van der Waals surface area (Å²) in [6.45, 7) is 3.62. The maximum absolute atomic E-state index is 11.8. The summed E-state index contributed by atoms with van der Waals surface area (Å²) in [6, 6.07) is 0. The lowest BCUT2D eigenvalue weighted by atomic mass is 9.94. The molecule has 0 heterocycles.